The number of amides is 2. The minimum Gasteiger partial charge on any atom is -0.381 e. The standard InChI is InChI=1S/C22H29N3O3/c1-15-6-7-18(22(27)25-10-8-16(14-23)9-11-25)13-20(15)24-21(26)17-4-3-5-19(12-17)28-2/h6-7,13,16-17,19H,3-5,8-12H2,1-2H3,(H,24,26). The molecule has 1 N–H and O–H groups in total. The van der Waals surface area contributed by atoms with Crippen LogP contribution in [0.4, 0.5) is 5.69 Å². The quantitative estimate of drug-likeness (QED) is 0.862. The highest BCUT2D eigenvalue weighted by Gasteiger charge is 2.28. The molecule has 6 nitrogen and oxygen atoms in total. The van der Waals surface area contributed by atoms with E-state index in [4.69, 9.17) is 10.00 Å². The number of anilines is 1. The Morgan fingerprint density at radius 1 is 1.21 bits per heavy atom. The van der Waals surface area contributed by atoms with Crippen LogP contribution in [0.25, 0.3) is 0 Å². The van der Waals surface area contributed by atoms with Crippen molar-refractivity contribution in [1.29, 1.82) is 5.26 Å². The highest BCUT2D eigenvalue weighted by atomic mass is 16.5. The molecule has 2 atom stereocenters. The number of hydrogen-bond donors (Lipinski definition) is 1. The van der Waals surface area contributed by atoms with E-state index in [1.807, 2.05) is 19.1 Å². The van der Waals surface area contributed by atoms with Crippen LogP contribution in [0.15, 0.2) is 18.2 Å². The van der Waals surface area contributed by atoms with E-state index in [0.717, 1.165) is 44.1 Å². The first-order valence-corrected chi connectivity index (χ1v) is 10.1. The summed E-state index contributed by atoms with van der Waals surface area (Å²) >= 11 is 0. The lowest BCUT2D eigenvalue weighted by molar-refractivity contribution is -0.122. The molecule has 1 saturated heterocycles. The summed E-state index contributed by atoms with van der Waals surface area (Å²) in [6, 6.07) is 7.76. The van der Waals surface area contributed by atoms with Gasteiger partial charge in [-0.2, -0.15) is 5.26 Å². The largest absolute Gasteiger partial charge is 0.381 e. The highest BCUT2D eigenvalue weighted by Crippen LogP contribution is 2.28. The third kappa shape index (κ3) is 4.71. The number of benzene rings is 1. The van der Waals surface area contributed by atoms with Gasteiger partial charge in [0.15, 0.2) is 0 Å². The minimum atomic E-state index is -0.0533. The SMILES string of the molecule is COC1CCCC(C(=O)Nc2cc(C(=O)N3CCC(C#N)CC3)ccc2C)C1. The van der Waals surface area contributed by atoms with Gasteiger partial charge in [0, 0.05) is 43.3 Å². The molecule has 2 unspecified atom stereocenters. The van der Waals surface area contributed by atoms with Gasteiger partial charge in [-0.15, -0.1) is 0 Å². The number of nitrogens with zero attached hydrogens (tertiary/aromatic N) is 2. The van der Waals surface area contributed by atoms with Gasteiger partial charge >= 0.3 is 0 Å². The van der Waals surface area contributed by atoms with Gasteiger partial charge in [0.25, 0.3) is 5.91 Å². The summed E-state index contributed by atoms with van der Waals surface area (Å²) in [5.41, 5.74) is 2.21. The second-order valence-corrected chi connectivity index (χ2v) is 7.94. The number of piperidine rings is 1. The molecule has 1 saturated carbocycles. The normalized spacial score (nSPS) is 23.1. The number of ether oxygens (including phenoxy) is 1. The second kappa shape index (κ2) is 9.20. The number of methoxy groups -OCH3 is 1. The Labute approximate surface area is 166 Å². The zero-order valence-corrected chi connectivity index (χ0v) is 16.7. The monoisotopic (exact) mass is 383 g/mol. The molecule has 1 heterocycles. The maximum atomic E-state index is 12.8. The lowest BCUT2D eigenvalue weighted by Crippen LogP contribution is -2.38. The first-order chi connectivity index (χ1) is 13.5. The summed E-state index contributed by atoms with van der Waals surface area (Å²) in [6.45, 7) is 3.14. The Morgan fingerprint density at radius 2 is 1.96 bits per heavy atom. The third-order valence-corrected chi connectivity index (χ3v) is 6.04. The Hall–Kier alpha value is -2.39. The number of likely N-dealkylation sites (tertiary alicyclic amines) is 1. The second-order valence-electron chi connectivity index (χ2n) is 7.94. The van der Waals surface area contributed by atoms with Crippen molar-refractivity contribution in [3.8, 4) is 6.07 Å². The molecule has 6 heteroatoms. The number of carbonyl (C=O) groups excluding carboxylic acids is 2. The van der Waals surface area contributed by atoms with Crippen molar-refractivity contribution in [2.45, 2.75) is 51.6 Å². The average molecular weight is 383 g/mol. The lowest BCUT2D eigenvalue weighted by atomic mass is 9.86. The number of rotatable bonds is 4. The van der Waals surface area contributed by atoms with Crippen molar-refractivity contribution < 1.29 is 14.3 Å². The molecule has 3 rings (SSSR count). The van der Waals surface area contributed by atoms with Crippen LogP contribution in [0.1, 0.15) is 54.4 Å². The van der Waals surface area contributed by atoms with Crippen LogP contribution in [0, 0.1) is 30.1 Å². The summed E-state index contributed by atoms with van der Waals surface area (Å²) in [5, 5.41) is 12.1. The summed E-state index contributed by atoms with van der Waals surface area (Å²) in [5.74, 6) is -0.0425. The van der Waals surface area contributed by atoms with E-state index in [2.05, 4.69) is 11.4 Å². The van der Waals surface area contributed by atoms with Crippen LogP contribution in [0.2, 0.25) is 0 Å². The Bertz CT molecular complexity index is 763. The average Bonchev–Trinajstić information content (AvgIpc) is 2.74. The van der Waals surface area contributed by atoms with E-state index in [1.165, 1.54) is 0 Å². The highest BCUT2D eigenvalue weighted by molar-refractivity contribution is 5.98. The van der Waals surface area contributed by atoms with Crippen LogP contribution in [0.3, 0.4) is 0 Å². The van der Waals surface area contributed by atoms with Crippen LogP contribution in [-0.2, 0) is 9.53 Å². The number of aryl methyl sites for hydroxylation is 1. The van der Waals surface area contributed by atoms with Gasteiger partial charge in [-0.25, -0.2) is 0 Å². The van der Waals surface area contributed by atoms with Crippen molar-refractivity contribution in [2.24, 2.45) is 11.8 Å². The first kappa shape index (κ1) is 20.3. The number of nitriles is 1. The van der Waals surface area contributed by atoms with Crippen molar-refractivity contribution in [1.82, 2.24) is 4.90 Å². The summed E-state index contributed by atoms with van der Waals surface area (Å²) in [4.78, 5) is 27.4. The predicted octanol–water partition coefficient (Wildman–Crippen LogP) is 3.51. The van der Waals surface area contributed by atoms with Gasteiger partial charge in [-0.05, 0) is 56.7 Å². The molecular formula is C22H29N3O3. The maximum absolute atomic E-state index is 12.8. The fourth-order valence-corrected chi connectivity index (χ4v) is 4.12. The molecule has 2 aliphatic rings. The fourth-order valence-electron chi connectivity index (χ4n) is 4.12. The third-order valence-electron chi connectivity index (χ3n) is 6.04. The van der Waals surface area contributed by atoms with Gasteiger partial charge in [0.1, 0.15) is 0 Å². The van der Waals surface area contributed by atoms with Crippen molar-refractivity contribution >= 4 is 17.5 Å². The summed E-state index contributed by atoms with van der Waals surface area (Å²) in [6.07, 6.45) is 5.21. The number of hydrogen-bond acceptors (Lipinski definition) is 4. The summed E-state index contributed by atoms with van der Waals surface area (Å²) in [7, 11) is 1.70. The maximum Gasteiger partial charge on any atom is 0.253 e. The molecule has 0 spiro atoms. The zero-order valence-electron chi connectivity index (χ0n) is 16.7. The van der Waals surface area contributed by atoms with Crippen LogP contribution >= 0.6 is 0 Å². The number of nitrogens with one attached hydrogen (secondary N) is 1. The molecule has 0 bridgehead atoms. The predicted molar refractivity (Wildman–Crippen MR) is 107 cm³/mol. The van der Waals surface area contributed by atoms with Gasteiger partial charge in [0.2, 0.25) is 5.91 Å². The molecule has 2 amide bonds. The Balaban J connectivity index is 1.67. The molecule has 1 aliphatic heterocycles. The molecular weight excluding hydrogens is 354 g/mol. The van der Waals surface area contributed by atoms with Gasteiger partial charge in [-0.1, -0.05) is 12.5 Å². The minimum absolute atomic E-state index is 0.00397. The molecule has 0 aromatic heterocycles. The van der Waals surface area contributed by atoms with E-state index >= 15 is 0 Å². The van der Waals surface area contributed by atoms with Crippen LogP contribution < -0.4 is 5.32 Å². The molecule has 1 aromatic rings. The number of carbonyl (C=O) groups is 2. The van der Waals surface area contributed by atoms with Crippen molar-refractivity contribution in [3.63, 3.8) is 0 Å². The van der Waals surface area contributed by atoms with E-state index in [1.54, 1.807) is 18.1 Å². The molecule has 1 aliphatic carbocycles. The van der Waals surface area contributed by atoms with E-state index in [9.17, 15) is 9.59 Å². The van der Waals surface area contributed by atoms with E-state index < -0.39 is 0 Å². The van der Waals surface area contributed by atoms with E-state index in [-0.39, 0.29) is 29.8 Å². The lowest BCUT2D eigenvalue weighted by Gasteiger charge is -2.29. The van der Waals surface area contributed by atoms with Gasteiger partial charge < -0.3 is 15.0 Å². The first-order valence-electron chi connectivity index (χ1n) is 10.1. The Kier molecular flexibility index (Phi) is 6.69. The molecule has 1 aromatic carbocycles. The van der Waals surface area contributed by atoms with Crippen molar-refractivity contribution in [3.05, 3.63) is 29.3 Å². The van der Waals surface area contributed by atoms with Gasteiger partial charge in [-0.3, -0.25) is 9.59 Å². The zero-order chi connectivity index (χ0) is 20.1. The fraction of sp³-hybridized carbons (Fsp3) is 0.591. The topological polar surface area (TPSA) is 82.4 Å². The van der Waals surface area contributed by atoms with Gasteiger partial charge in [0.05, 0.1) is 12.2 Å². The van der Waals surface area contributed by atoms with Crippen LogP contribution in [-0.4, -0.2) is 43.0 Å². The molecule has 28 heavy (non-hydrogen) atoms. The van der Waals surface area contributed by atoms with E-state index in [0.29, 0.717) is 24.3 Å². The molecule has 2 fully saturated rings. The van der Waals surface area contributed by atoms with Crippen molar-refractivity contribution in [2.75, 3.05) is 25.5 Å². The summed E-state index contributed by atoms with van der Waals surface area (Å²) < 4.78 is 5.43. The molecule has 0 radical (unpaired) electrons. The smallest absolute Gasteiger partial charge is 0.253 e. The Morgan fingerprint density at radius 3 is 2.64 bits per heavy atom. The molecule has 150 valence electrons. The van der Waals surface area contributed by atoms with Crippen LogP contribution in [0.5, 0.6) is 0 Å².